The first-order chi connectivity index (χ1) is 14.3. The van der Waals surface area contributed by atoms with Crippen molar-refractivity contribution in [1.82, 2.24) is 0 Å². The Balaban J connectivity index is 2.12. The van der Waals surface area contributed by atoms with Gasteiger partial charge in [-0.2, -0.15) is 0 Å². The molecule has 0 N–H and O–H groups in total. The normalized spacial score (nSPS) is 32.2. The predicted octanol–water partition coefficient (Wildman–Crippen LogP) is 9.05. The minimum Gasteiger partial charge on any atom is -0.414 e. The molecule has 4 heteroatoms. The molecule has 0 radical (unpaired) electrons. The molecule has 2 rings (SSSR count). The van der Waals surface area contributed by atoms with Gasteiger partial charge in [-0.15, -0.1) is 0 Å². The number of hydrogen-bond acceptors (Lipinski definition) is 2. The highest BCUT2D eigenvalue weighted by atomic mass is 28.4. The van der Waals surface area contributed by atoms with Crippen molar-refractivity contribution >= 4 is 16.6 Å². The molecule has 2 aliphatic carbocycles. The van der Waals surface area contributed by atoms with Gasteiger partial charge in [-0.25, -0.2) is 0 Å². The predicted molar refractivity (Wildman–Crippen MR) is 146 cm³/mol. The summed E-state index contributed by atoms with van der Waals surface area (Å²) in [5.74, 6) is 2.53. The second-order valence-electron chi connectivity index (χ2n) is 14.5. The summed E-state index contributed by atoms with van der Waals surface area (Å²) >= 11 is 0. The van der Waals surface area contributed by atoms with Crippen LogP contribution in [0.4, 0.5) is 0 Å². The van der Waals surface area contributed by atoms with Gasteiger partial charge in [-0.1, -0.05) is 60.1 Å². The summed E-state index contributed by atoms with van der Waals surface area (Å²) < 4.78 is 13.6. The average Bonchev–Trinajstić information content (AvgIpc) is 2.94. The Morgan fingerprint density at radius 1 is 0.906 bits per heavy atom. The van der Waals surface area contributed by atoms with Crippen molar-refractivity contribution in [3.8, 4) is 0 Å². The second-order valence-corrected chi connectivity index (χ2v) is 23.6. The van der Waals surface area contributed by atoms with Crippen LogP contribution in [0, 0.1) is 29.1 Å². The summed E-state index contributed by atoms with van der Waals surface area (Å²) in [5, 5.41) is 0.288. The molecule has 0 aromatic heterocycles. The molecule has 2 nitrogen and oxygen atoms in total. The van der Waals surface area contributed by atoms with Crippen LogP contribution in [0.5, 0.6) is 0 Å². The van der Waals surface area contributed by atoms with Crippen LogP contribution in [-0.4, -0.2) is 28.3 Å². The summed E-state index contributed by atoms with van der Waals surface area (Å²) in [6, 6.07) is 0. The molecule has 0 aliphatic heterocycles. The minimum atomic E-state index is -1.73. The van der Waals surface area contributed by atoms with E-state index < -0.39 is 16.6 Å². The summed E-state index contributed by atoms with van der Waals surface area (Å²) in [6.45, 7) is 30.8. The SMILES string of the molecule is C[C@H](/C=C/[C@@H](C)C(C)(C)O[Si](C)(C)C)[C@H]1CC[C@H]2[C@@H](O[Si](C)(C)C(C)(C)C)CCC[C@@]12C. The Bertz CT molecular complexity index is 655. The maximum absolute atomic E-state index is 7.05. The van der Waals surface area contributed by atoms with E-state index in [9.17, 15) is 0 Å². The molecule has 0 unspecified atom stereocenters. The van der Waals surface area contributed by atoms with Crippen LogP contribution in [0.1, 0.15) is 87.5 Å². The van der Waals surface area contributed by atoms with Crippen LogP contribution in [0.25, 0.3) is 0 Å². The van der Waals surface area contributed by atoms with E-state index in [1.807, 2.05) is 0 Å². The van der Waals surface area contributed by atoms with E-state index >= 15 is 0 Å². The Labute approximate surface area is 203 Å². The van der Waals surface area contributed by atoms with Gasteiger partial charge in [0, 0.05) is 12.0 Å². The van der Waals surface area contributed by atoms with Gasteiger partial charge < -0.3 is 8.85 Å². The fourth-order valence-electron chi connectivity index (χ4n) is 6.31. The zero-order valence-electron chi connectivity index (χ0n) is 23.9. The Hall–Kier alpha value is 0.0938. The lowest BCUT2D eigenvalue weighted by molar-refractivity contribution is -0.0163. The van der Waals surface area contributed by atoms with Crippen molar-refractivity contribution in [1.29, 1.82) is 0 Å². The first-order valence-electron chi connectivity index (χ1n) is 13.4. The van der Waals surface area contributed by atoms with Gasteiger partial charge in [-0.3, -0.25) is 0 Å². The van der Waals surface area contributed by atoms with E-state index in [0.717, 1.165) is 11.8 Å². The van der Waals surface area contributed by atoms with Crippen molar-refractivity contribution in [2.45, 2.75) is 137 Å². The second kappa shape index (κ2) is 9.62. The van der Waals surface area contributed by atoms with Crippen LogP contribution >= 0.6 is 0 Å². The molecule has 2 fully saturated rings. The topological polar surface area (TPSA) is 18.5 Å². The number of rotatable bonds is 8. The Morgan fingerprint density at radius 3 is 2.03 bits per heavy atom. The molecule has 2 aliphatic rings. The summed E-state index contributed by atoms with van der Waals surface area (Å²) in [5.41, 5.74) is 0.318. The third-order valence-electron chi connectivity index (χ3n) is 9.39. The molecule has 0 spiro atoms. The van der Waals surface area contributed by atoms with Crippen LogP contribution in [0.2, 0.25) is 37.8 Å². The van der Waals surface area contributed by atoms with Gasteiger partial charge >= 0.3 is 0 Å². The third-order valence-corrected chi connectivity index (χ3v) is 15.0. The van der Waals surface area contributed by atoms with Crippen molar-refractivity contribution in [2.24, 2.45) is 29.1 Å². The maximum Gasteiger partial charge on any atom is 0.192 e. The first-order valence-corrected chi connectivity index (χ1v) is 19.7. The van der Waals surface area contributed by atoms with E-state index in [4.69, 9.17) is 8.85 Å². The van der Waals surface area contributed by atoms with Gasteiger partial charge in [0.1, 0.15) is 0 Å². The number of fused-ring (bicyclic) bond motifs is 1. The van der Waals surface area contributed by atoms with Gasteiger partial charge in [0.15, 0.2) is 16.6 Å². The molecule has 0 saturated heterocycles. The number of allylic oxidation sites excluding steroid dienone is 1. The fraction of sp³-hybridized carbons (Fsp3) is 0.929. The van der Waals surface area contributed by atoms with Crippen LogP contribution in [-0.2, 0) is 8.85 Å². The van der Waals surface area contributed by atoms with Crippen LogP contribution < -0.4 is 0 Å². The highest BCUT2D eigenvalue weighted by Gasteiger charge is 2.54. The molecular weight excluding hydrogens is 424 g/mol. The molecule has 0 heterocycles. The largest absolute Gasteiger partial charge is 0.414 e. The first kappa shape index (κ1) is 28.3. The molecule has 32 heavy (non-hydrogen) atoms. The summed E-state index contributed by atoms with van der Waals surface area (Å²) in [6.07, 6.45) is 12.1. The Morgan fingerprint density at radius 2 is 1.50 bits per heavy atom. The van der Waals surface area contributed by atoms with E-state index in [-0.39, 0.29) is 10.6 Å². The maximum atomic E-state index is 7.05. The van der Waals surface area contributed by atoms with Gasteiger partial charge in [0.25, 0.3) is 0 Å². The van der Waals surface area contributed by atoms with Crippen molar-refractivity contribution in [3.63, 3.8) is 0 Å². The lowest BCUT2D eigenvalue weighted by Gasteiger charge is -2.49. The Kier molecular flexibility index (Phi) is 8.52. The monoisotopic (exact) mass is 480 g/mol. The lowest BCUT2D eigenvalue weighted by Crippen LogP contribution is -2.50. The quantitative estimate of drug-likeness (QED) is 0.255. The van der Waals surface area contributed by atoms with Gasteiger partial charge in [0.2, 0.25) is 0 Å². The van der Waals surface area contributed by atoms with E-state index in [0.29, 0.717) is 23.4 Å². The summed E-state index contributed by atoms with van der Waals surface area (Å²) in [4.78, 5) is 0. The fourth-order valence-corrected chi connectivity index (χ4v) is 9.47. The number of hydrogen-bond donors (Lipinski definition) is 0. The zero-order chi connectivity index (χ0) is 24.8. The zero-order valence-corrected chi connectivity index (χ0v) is 25.9. The highest BCUT2D eigenvalue weighted by molar-refractivity contribution is 6.74. The van der Waals surface area contributed by atoms with Crippen LogP contribution in [0.15, 0.2) is 12.2 Å². The molecule has 0 aromatic rings. The van der Waals surface area contributed by atoms with Gasteiger partial charge in [-0.05, 0) is 100 Å². The van der Waals surface area contributed by atoms with Crippen molar-refractivity contribution < 1.29 is 8.85 Å². The summed E-state index contributed by atoms with van der Waals surface area (Å²) in [7, 11) is -3.29. The lowest BCUT2D eigenvalue weighted by atomic mass is 9.62. The molecule has 188 valence electrons. The molecule has 6 atom stereocenters. The molecule has 0 amide bonds. The molecule has 0 bridgehead atoms. The standard InChI is InChI=1S/C28H56O2Si2/c1-21(16-17-22(2)27(6,7)30-31(9,10)11)23-18-19-24-25(15-14-20-28(23,24)8)29-32(12,13)26(3,4)5/h16-17,21-25H,14-15,18-20H2,1-13H3/b17-16+/t21-,22-,23-,24+,25+,28+/m1/s1. The van der Waals surface area contributed by atoms with E-state index in [2.05, 4.69) is 100 Å². The van der Waals surface area contributed by atoms with Crippen molar-refractivity contribution in [2.75, 3.05) is 0 Å². The minimum absolute atomic E-state index is 0.101. The van der Waals surface area contributed by atoms with E-state index in [1.54, 1.807) is 0 Å². The van der Waals surface area contributed by atoms with Crippen LogP contribution in [0.3, 0.4) is 0 Å². The highest BCUT2D eigenvalue weighted by Crippen LogP contribution is 2.59. The average molecular weight is 481 g/mol. The molecular formula is C28H56O2Si2. The van der Waals surface area contributed by atoms with Crippen molar-refractivity contribution in [3.05, 3.63) is 12.2 Å². The third kappa shape index (κ3) is 6.40. The smallest absolute Gasteiger partial charge is 0.192 e. The van der Waals surface area contributed by atoms with Gasteiger partial charge in [0.05, 0.1) is 5.60 Å². The molecule has 2 saturated carbocycles. The molecule has 0 aromatic carbocycles. The van der Waals surface area contributed by atoms with E-state index in [1.165, 1.54) is 32.1 Å².